The van der Waals surface area contributed by atoms with E-state index in [1.807, 2.05) is 55.1 Å². The van der Waals surface area contributed by atoms with Crippen LogP contribution in [0.4, 0.5) is 0 Å². The highest BCUT2D eigenvalue weighted by atomic mass is 16.5. The predicted octanol–water partition coefficient (Wildman–Crippen LogP) is 1.90. The van der Waals surface area contributed by atoms with Gasteiger partial charge in [-0.2, -0.15) is 0 Å². The third-order valence-corrected chi connectivity index (χ3v) is 6.58. The number of hydrogen-bond donors (Lipinski definition) is 4. The van der Waals surface area contributed by atoms with Gasteiger partial charge in [0.2, 0.25) is 11.8 Å². The molecule has 2 aromatic carbocycles. The summed E-state index contributed by atoms with van der Waals surface area (Å²) in [7, 11) is 0. The average molecular weight is 565 g/mol. The molecular formula is C31H40N4O6. The number of rotatable bonds is 14. The van der Waals surface area contributed by atoms with E-state index < -0.39 is 29.9 Å². The SMILES string of the molecule is CC(C)/C=C(/NC(=O)[C@H](CCc1ccccc1)NC(=O)CN1CCOCC1)C(=O)N[C@@H](Cc1ccccc1)C(=O)O. The van der Waals surface area contributed by atoms with E-state index >= 15 is 0 Å². The summed E-state index contributed by atoms with van der Waals surface area (Å²) in [5, 5.41) is 17.8. The van der Waals surface area contributed by atoms with E-state index in [0.717, 1.165) is 11.1 Å². The summed E-state index contributed by atoms with van der Waals surface area (Å²) in [6, 6.07) is 16.5. The molecule has 0 saturated carbocycles. The van der Waals surface area contributed by atoms with Crippen LogP contribution >= 0.6 is 0 Å². The minimum Gasteiger partial charge on any atom is -0.480 e. The molecule has 3 amide bonds. The second kappa shape index (κ2) is 16.3. The lowest BCUT2D eigenvalue weighted by Gasteiger charge is -2.27. The van der Waals surface area contributed by atoms with Crippen molar-refractivity contribution in [3.05, 3.63) is 83.6 Å². The largest absolute Gasteiger partial charge is 0.480 e. The normalized spacial score (nSPS) is 15.5. The fourth-order valence-electron chi connectivity index (χ4n) is 4.44. The Hall–Kier alpha value is -4.02. The van der Waals surface area contributed by atoms with Gasteiger partial charge in [-0.1, -0.05) is 80.6 Å². The first-order valence-corrected chi connectivity index (χ1v) is 13.9. The van der Waals surface area contributed by atoms with Crippen LogP contribution in [0.1, 0.15) is 31.4 Å². The van der Waals surface area contributed by atoms with Gasteiger partial charge in [-0.25, -0.2) is 4.79 Å². The molecule has 2 atom stereocenters. The molecule has 220 valence electrons. The lowest BCUT2D eigenvalue weighted by atomic mass is 10.0. The number of morpholine rings is 1. The molecule has 0 aliphatic carbocycles. The lowest BCUT2D eigenvalue weighted by Crippen LogP contribution is -2.52. The monoisotopic (exact) mass is 564 g/mol. The Bertz CT molecular complexity index is 1180. The van der Waals surface area contributed by atoms with Gasteiger partial charge in [-0.3, -0.25) is 19.3 Å². The van der Waals surface area contributed by atoms with E-state index in [-0.39, 0.29) is 30.5 Å². The molecule has 10 nitrogen and oxygen atoms in total. The number of hydrogen-bond acceptors (Lipinski definition) is 6. The maximum absolute atomic E-state index is 13.5. The fourth-order valence-corrected chi connectivity index (χ4v) is 4.44. The van der Waals surface area contributed by atoms with Crippen LogP contribution in [0.2, 0.25) is 0 Å². The number of aliphatic carboxylic acids is 1. The van der Waals surface area contributed by atoms with Gasteiger partial charge in [0.05, 0.1) is 19.8 Å². The molecule has 10 heteroatoms. The first-order valence-electron chi connectivity index (χ1n) is 13.9. The molecular weight excluding hydrogens is 524 g/mol. The zero-order chi connectivity index (χ0) is 29.6. The van der Waals surface area contributed by atoms with Crippen molar-refractivity contribution in [3.63, 3.8) is 0 Å². The van der Waals surface area contributed by atoms with Crippen molar-refractivity contribution in [1.29, 1.82) is 0 Å². The number of carboxylic acids is 1. The van der Waals surface area contributed by atoms with Gasteiger partial charge in [0.25, 0.3) is 5.91 Å². The van der Waals surface area contributed by atoms with Crippen LogP contribution in [-0.2, 0) is 36.8 Å². The Balaban J connectivity index is 1.72. The Morgan fingerprint density at radius 3 is 2.10 bits per heavy atom. The Morgan fingerprint density at radius 2 is 1.51 bits per heavy atom. The topological polar surface area (TPSA) is 137 Å². The van der Waals surface area contributed by atoms with Gasteiger partial charge in [-0.15, -0.1) is 0 Å². The number of amides is 3. The Labute approximate surface area is 241 Å². The highest BCUT2D eigenvalue weighted by Gasteiger charge is 2.27. The van der Waals surface area contributed by atoms with Crippen molar-refractivity contribution in [2.45, 2.75) is 45.2 Å². The van der Waals surface area contributed by atoms with Crippen LogP contribution in [0.25, 0.3) is 0 Å². The van der Waals surface area contributed by atoms with Crippen LogP contribution in [0.3, 0.4) is 0 Å². The highest BCUT2D eigenvalue weighted by molar-refractivity contribution is 6.00. The van der Waals surface area contributed by atoms with Crippen molar-refractivity contribution in [1.82, 2.24) is 20.9 Å². The summed E-state index contributed by atoms with van der Waals surface area (Å²) >= 11 is 0. The van der Waals surface area contributed by atoms with E-state index in [2.05, 4.69) is 16.0 Å². The number of benzene rings is 2. The summed E-state index contributed by atoms with van der Waals surface area (Å²) in [4.78, 5) is 53.5. The van der Waals surface area contributed by atoms with Crippen molar-refractivity contribution >= 4 is 23.7 Å². The van der Waals surface area contributed by atoms with Crippen molar-refractivity contribution < 1.29 is 29.0 Å². The third kappa shape index (κ3) is 11.2. The summed E-state index contributed by atoms with van der Waals surface area (Å²) in [5.41, 5.74) is 1.70. The second-order valence-electron chi connectivity index (χ2n) is 10.4. The molecule has 3 rings (SSSR count). The van der Waals surface area contributed by atoms with Gasteiger partial charge in [-0.05, 0) is 29.9 Å². The molecule has 2 aromatic rings. The summed E-state index contributed by atoms with van der Waals surface area (Å²) in [6.07, 6.45) is 2.50. The molecule has 1 aliphatic heterocycles. The summed E-state index contributed by atoms with van der Waals surface area (Å²) in [6.45, 7) is 6.17. The van der Waals surface area contributed by atoms with E-state index in [1.54, 1.807) is 30.3 Å². The third-order valence-electron chi connectivity index (χ3n) is 6.58. The number of nitrogens with one attached hydrogen (secondary N) is 3. The van der Waals surface area contributed by atoms with Gasteiger partial charge in [0.15, 0.2) is 0 Å². The van der Waals surface area contributed by atoms with Crippen LogP contribution in [0, 0.1) is 5.92 Å². The number of nitrogens with zero attached hydrogens (tertiary/aromatic N) is 1. The van der Waals surface area contributed by atoms with E-state index in [0.29, 0.717) is 39.1 Å². The van der Waals surface area contributed by atoms with Gasteiger partial charge >= 0.3 is 5.97 Å². The number of allylic oxidation sites excluding steroid dienone is 1. The molecule has 0 spiro atoms. The van der Waals surface area contributed by atoms with Crippen molar-refractivity contribution in [2.24, 2.45) is 5.92 Å². The molecule has 0 radical (unpaired) electrons. The van der Waals surface area contributed by atoms with Crippen LogP contribution in [-0.4, -0.2) is 78.6 Å². The molecule has 0 unspecified atom stereocenters. The quantitative estimate of drug-likeness (QED) is 0.257. The van der Waals surface area contributed by atoms with Crippen LogP contribution in [0.5, 0.6) is 0 Å². The van der Waals surface area contributed by atoms with Gasteiger partial charge < -0.3 is 25.8 Å². The minimum atomic E-state index is -1.19. The standard InChI is InChI=1S/C31H40N4O6/c1-22(2)19-26(30(38)34-27(31(39)40)20-24-11-7-4-8-12-24)33-29(37)25(14-13-23-9-5-3-6-10-23)32-28(36)21-35-15-17-41-18-16-35/h3-12,19,22,25,27H,13-18,20-21H2,1-2H3,(H,32,36)(H,33,37)(H,34,38)(H,39,40)/b26-19+/t25-,27-/m0/s1. The zero-order valence-corrected chi connectivity index (χ0v) is 23.7. The number of ether oxygens (including phenoxy) is 1. The number of carbonyl (C=O) groups excluding carboxylic acids is 3. The summed E-state index contributed by atoms with van der Waals surface area (Å²) < 4.78 is 5.34. The first-order chi connectivity index (χ1) is 19.7. The minimum absolute atomic E-state index is 0.0588. The zero-order valence-electron chi connectivity index (χ0n) is 23.7. The lowest BCUT2D eigenvalue weighted by molar-refractivity contribution is -0.141. The number of carboxylic acid groups (broad SMARTS) is 1. The van der Waals surface area contributed by atoms with Gasteiger partial charge in [0, 0.05) is 19.5 Å². The Morgan fingerprint density at radius 1 is 0.902 bits per heavy atom. The molecule has 1 heterocycles. The maximum Gasteiger partial charge on any atom is 0.326 e. The number of aryl methyl sites for hydroxylation is 1. The molecule has 1 aliphatic rings. The highest BCUT2D eigenvalue weighted by Crippen LogP contribution is 2.09. The van der Waals surface area contributed by atoms with E-state index in [1.165, 1.54) is 0 Å². The molecule has 0 aromatic heterocycles. The van der Waals surface area contributed by atoms with Crippen LogP contribution in [0.15, 0.2) is 72.4 Å². The van der Waals surface area contributed by atoms with E-state index in [4.69, 9.17) is 4.74 Å². The van der Waals surface area contributed by atoms with Crippen molar-refractivity contribution in [3.8, 4) is 0 Å². The maximum atomic E-state index is 13.5. The van der Waals surface area contributed by atoms with E-state index in [9.17, 15) is 24.3 Å². The van der Waals surface area contributed by atoms with Gasteiger partial charge in [0.1, 0.15) is 17.8 Å². The van der Waals surface area contributed by atoms with Crippen LogP contribution < -0.4 is 16.0 Å². The molecule has 41 heavy (non-hydrogen) atoms. The van der Waals surface area contributed by atoms with Crippen molar-refractivity contribution in [2.75, 3.05) is 32.8 Å². The molecule has 0 bridgehead atoms. The number of carbonyl (C=O) groups is 4. The second-order valence-corrected chi connectivity index (χ2v) is 10.4. The summed E-state index contributed by atoms with van der Waals surface area (Å²) in [5.74, 6) is -2.86. The predicted molar refractivity (Wildman–Crippen MR) is 155 cm³/mol. The molecule has 1 fully saturated rings. The fraction of sp³-hybridized carbons (Fsp3) is 0.419. The smallest absolute Gasteiger partial charge is 0.326 e. The average Bonchev–Trinajstić information content (AvgIpc) is 2.95. The Kier molecular flexibility index (Phi) is 12.5. The molecule has 1 saturated heterocycles. The first kappa shape index (κ1) is 31.5. The molecule has 4 N–H and O–H groups in total.